The molecule has 0 fully saturated rings. The Balaban J connectivity index is 1.84. The van der Waals surface area contributed by atoms with Crippen molar-refractivity contribution in [3.05, 3.63) is 40.9 Å². The second-order valence-corrected chi connectivity index (χ2v) is 7.04. The van der Waals surface area contributed by atoms with Gasteiger partial charge in [0.2, 0.25) is 5.91 Å². The number of esters is 1. The monoisotopic (exact) mass is 375 g/mol. The summed E-state index contributed by atoms with van der Waals surface area (Å²) >= 11 is 1.47. The third kappa shape index (κ3) is 6.29. The molecule has 2 N–H and O–H groups in total. The van der Waals surface area contributed by atoms with Crippen molar-refractivity contribution in [1.82, 2.24) is 4.98 Å². The van der Waals surface area contributed by atoms with Gasteiger partial charge in [-0.3, -0.25) is 14.4 Å². The van der Waals surface area contributed by atoms with Crippen LogP contribution in [0.3, 0.4) is 0 Å². The van der Waals surface area contributed by atoms with Gasteiger partial charge in [-0.25, -0.2) is 4.98 Å². The predicted molar refractivity (Wildman–Crippen MR) is 100 cm³/mol. The normalized spacial score (nSPS) is 10.5. The molecule has 2 amide bonds. The van der Waals surface area contributed by atoms with Crippen LogP contribution in [0.15, 0.2) is 30.5 Å². The van der Waals surface area contributed by atoms with Gasteiger partial charge in [-0.15, -0.1) is 11.3 Å². The highest BCUT2D eigenvalue weighted by Crippen LogP contribution is 2.25. The van der Waals surface area contributed by atoms with Crippen LogP contribution < -0.4 is 10.6 Å². The van der Waals surface area contributed by atoms with Crippen molar-refractivity contribution in [1.29, 1.82) is 0 Å². The molecule has 0 bridgehead atoms. The summed E-state index contributed by atoms with van der Waals surface area (Å²) in [6.07, 6.45) is 1.98. The Morgan fingerprint density at radius 2 is 1.81 bits per heavy atom. The quantitative estimate of drug-likeness (QED) is 0.725. The lowest BCUT2D eigenvalue weighted by atomic mass is 10.1. The van der Waals surface area contributed by atoms with Crippen LogP contribution in [0.5, 0.6) is 0 Å². The molecule has 8 heteroatoms. The minimum atomic E-state index is -0.512. The number of rotatable bonds is 7. The van der Waals surface area contributed by atoms with Gasteiger partial charge in [0.1, 0.15) is 0 Å². The molecule has 1 aromatic heterocycles. The zero-order chi connectivity index (χ0) is 19.1. The Morgan fingerprint density at radius 1 is 1.12 bits per heavy atom. The first kappa shape index (κ1) is 19.6. The number of nitrogens with one attached hydrogen (secondary N) is 2. The molecule has 0 saturated carbocycles. The number of carbonyl (C=O) groups is 3. The molecule has 0 aliphatic heterocycles. The molecular weight excluding hydrogens is 354 g/mol. The van der Waals surface area contributed by atoms with Crippen LogP contribution in [0.2, 0.25) is 0 Å². The van der Waals surface area contributed by atoms with Gasteiger partial charge in [-0.1, -0.05) is 26.0 Å². The first-order chi connectivity index (χ1) is 12.3. The lowest BCUT2D eigenvalue weighted by molar-refractivity contribution is -0.144. The van der Waals surface area contributed by atoms with E-state index in [1.807, 2.05) is 0 Å². The number of aromatic nitrogens is 1. The van der Waals surface area contributed by atoms with E-state index >= 15 is 0 Å². The van der Waals surface area contributed by atoms with Crippen LogP contribution in [0.25, 0.3) is 0 Å². The maximum absolute atomic E-state index is 12.1. The highest BCUT2D eigenvalue weighted by molar-refractivity contribution is 7.15. The largest absolute Gasteiger partial charge is 0.456 e. The number of hydrogen-bond acceptors (Lipinski definition) is 6. The highest BCUT2D eigenvalue weighted by Gasteiger charge is 2.10. The summed E-state index contributed by atoms with van der Waals surface area (Å²) in [7, 11) is 0. The zero-order valence-corrected chi connectivity index (χ0v) is 15.7. The van der Waals surface area contributed by atoms with Crippen LogP contribution in [-0.2, 0) is 25.5 Å². The molecule has 0 spiro atoms. The number of ether oxygens (including phenoxy) is 1. The van der Waals surface area contributed by atoms with Gasteiger partial charge < -0.3 is 15.4 Å². The molecule has 7 nitrogen and oxygen atoms in total. The molecule has 138 valence electrons. The van der Waals surface area contributed by atoms with Crippen LogP contribution in [0.1, 0.15) is 37.1 Å². The van der Waals surface area contributed by atoms with E-state index < -0.39 is 11.9 Å². The van der Waals surface area contributed by atoms with E-state index in [2.05, 4.69) is 34.2 Å². The van der Waals surface area contributed by atoms with Gasteiger partial charge in [0.25, 0.3) is 5.91 Å². The van der Waals surface area contributed by atoms with Crippen LogP contribution in [-0.4, -0.2) is 29.4 Å². The number of hydrogen-bond donors (Lipinski definition) is 2. The summed E-state index contributed by atoms with van der Waals surface area (Å²) in [5.74, 6) is -0.708. The molecule has 1 aromatic carbocycles. The van der Waals surface area contributed by atoms with Crippen LogP contribution in [0, 0.1) is 0 Å². The SMILES string of the molecule is CC(=O)OCC(=O)Nc1ccc(CC(=O)Nc2ncc(C(C)C)s2)cc1. The van der Waals surface area contributed by atoms with Crippen molar-refractivity contribution in [2.75, 3.05) is 17.2 Å². The average molecular weight is 375 g/mol. The summed E-state index contributed by atoms with van der Waals surface area (Å²) in [5, 5.41) is 5.99. The molecule has 0 unspecified atom stereocenters. The molecule has 1 heterocycles. The number of anilines is 2. The number of nitrogens with zero attached hydrogens (tertiary/aromatic N) is 1. The Kier molecular flexibility index (Phi) is 6.85. The highest BCUT2D eigenvalue weighted by atomic mass is 32.1. The molecule has 0 radical (unpaired) electrons. The van der Waals surface area contributed by atoms with Crippen molar-refractivity contribution in [3.63, 3.8) is 0 Å². The predicted octanol–water partition coefficient (Wildman–Crippen LogP) is 2.95. The van der Waals surface area contributed by atoms with E-state index in [9.17, 15) is 14.4 Å². The van der Waals surface area contributed by atoms with Crippen molar-refractivity contribution in [3.8, 4) is 0 Å². The van der Waals surface area contributed by atoms with Crippen LogP contribution in [0.4, 0.5) is 10.8 Å². The zero-order valence-electron chi connectivity index (χ0n) is 14.9. The fourth-order valence-corrected chi connectivity index (χ4v) is 2.86. The van der Waals surface area contributed by atoms with E-state index in [-0.39, 0.29) is 18.9 Å². The molecule has 2 aromatic rings. The standard InChI is InChI=1S/C18H21N3O4S/c1-11(2)15-9-19-18(26-15)21-16(23)8-13-4-6-14(7-5-13)20-17(24)10-25-12(3)22/h4-7,9,11H,8,10H2,1-3H3,(H,20,24)(H,19,21,23). The van der Waals surface area contributed by atoms with Gasteiger partial charge in [-0.05, 0) is 23.6 Å². The van der Waals surface area contributed by atoms with Crippen molar-refractivity contribution < 1.29 is 19.1 Å². The number of amides is 2. The van der Waals surface area contributed by atoms with Crippen molar-refractivity contribution in [2.45, 2.75) is 33.1 Å². The summed E-state index contributed by atoms with van der Waals surface area (Å²) in [5.41, 5.74) is 1.37. The van der Waals surface area contributed by atoms with Crippen molar-refractivity contribution >= 4 is 39.9 Å². The van der Waals surface area contributed by atoms with Crippen molar-refractivity contribution in [2.24, 2.45) is 0 Å². The van der Waals surface area contributed by atoms with Gasteiger partial charge in [-0.2, -0.15) is 0 Å². The summed E-state index contributed by atoms with van der Waals surface area (Å²) in [6, 6.07) is 6.88. The number of thiazole rings is 1. The molecule has 0 atom stereocenters. The molecule has 26 heavy (non-hydrogen) atoms. The Morgan fingerprint density at radius 3 is 2.38 bits per heavy atom. The van der Waals surface area contributed by atoms with Gasteiger partial charge in [0, 0.05) is 23.7 Å². The van der Waals surface area contributed by atoms with Gasteiger partial charge in [0.15, 0.2) is 11.7 Å². The van der Waals surface area contributed by atoms with E-state index in [1.54, 1.807) is 30.5 Å². The number of benzene rings is 1. The maximum Gasteiger partial charge on any atom is 0.303 e. The first-order valence-electron chi connectivity index (χ1n) is 8.11. The van der Waals surface area contributed by atoms with Crippen LogP contribution >= 0.6 is 11.3 Å². The fraction of sp³-hybridized carbons (Fsp3) is 0.333. The minimum Gasteiger partial charge on any atom is -0.456 e. The molecular formula is C18H21N3O4S. The molecule has 0 aliphatic rings. The van der Waals surface area contributed by atoms with E-state index in [4.69, 9.17) is 0 Å². The third-order valence-electron chi connectivity index (χ3n) is 3.35. The molecule has 0 aliphatic carbocycles. The van der Waals surface area contributed by atoms with E-state index in [1.165, 1.54) is 18.3 Å². The molecule has 2 rings (SSSR count). The Labute approximate surface area is 155 Å². The first-order valence-corrected chi connectivity index (χ1v) is 8.93. The minimum absolute atomic E-state index is 0.152. The maximum atomic E-state index is 12.1. The lowest BCUT2D eigenvalue weighted by Gasteiger charge is -2.07. The van der Waals surface area contributed by atoms with Gasteiger partial charge >= 0.3 is 5.97 Å². The topological polar surface area (TPSA) is 97.4 Å². The molecule has 0 saturated heterocycles. The Bertz CT molecular complexity index is 784. The smallest absolute Gasteiger partial charge is 0.303 e. The van der Waals surface area contributed by atoms with E-state index in [0.717, 1.165) is 10.4 Å². The average Bonchev–Trinajstić information content (AvgIpc) is 3.03. The van der Waals surface area contributed by atoms with Gasteiger partial charge in [0.05, 0.1) is 6.42 Å². The summed E-state index contributed by atoms with van der Waals surface area (Å²) < 4.78 is 4.62. The number of carbonyl (C=O) groups excluding carboxylic acids is 3. The second kappa shape index (κ2) is 9.10. The third-order valence-corrected chi connectivity index (χ3v) is 4.56. The second-order valence-electron chi connectivity index (χ2n) is 5.97. The summed E-state index contributed by atoms with van der Waals surface area (Å²) in [6.45, 7) is 5.06. The fourth-order valence-electron chi connectivity index (χ4n) is 2.03. The summed E-state index contributed by atoms with van der Waals surface area (Å²) in [4.78, 5) is 39.7. The Hall–Kier alpha value is -2.74. The lowest BCUT2D eigenvalue weighted by Crippen LogP contribution is -2.19. The van der Waals surface area contributed by atoms with E-state index in [0.29, 0.717) is 16.7 Å².